The van der Waals surface area contributed by atoms with E-state index in [4.69, 9.17) is 4.42 Å². The summed E-state index contributed by atoms with van der Waals surface area (Å²) in [6.45, 7) is 2.66. The predicted molar refractivity (Wildman–Crippen MR) is 72.6 cm³/mol. The van der Waals surface area contributed by atoms with Crippen LogP contribution >= 0.6 is 11.3 Å². The summed E-state index contributed by atoms with van der Waals surface area (Å²) < 4.78 is 5.55. The summed E-state index contributed by atoms with van der Waals surface area (Å²) in [5.74, 6) is 0.697. The number of nitrogens with one attached hydrogen (secondary N) is 1. The highest BCUT2D eigenvalue weighted by Gasteiger charge is 2.07. The normalized spacial score (nSPS) is 11.2. The molecule has 0 bridgehead atoms. The molecule has 5 heteroatoms. The number of fused-ring (bicyclic) bond motifs is 1. The fourth-order valence-corrected chi connectivity index (χ4v) is 2.80. The molecule has 0 saturated heterocycles. The molecule has 4 nitrogen and oxygen atoms in total. The minimum absolute atomic E-state index is 0.697. The van der Waals surface area contributed by atoms with Gasteiger partial charge in [0.2, 0.25) is 0 Å². The van der Waals surface area contributed by atoms with E-state index in [0.29, 0.717) is 5.89 Å². The number of oxazole rings is 1. The fraction of sp³-hybridized carbons (Fsp3) is 0.231. The maximum Gasteiger partial charge on any atom is 0.192 e. The highest BCUT2D eigenvalue weighted by molar-refractivity contribution is 7.15. The molecular formula is C13H13N3OS. The summed E-state index contributed by atoms with van der Waals surface area (Å²) in [6.07, 6.45) is 1.90. The molecule has 0 atom stereocenters. The first-order valence-electron chi connectivity index (χ1n) is 5.73. The first kappa shape index (κ1) is 11.4. The van der Waals surface area contributed by atoms with E-state index in [1.54, 1.807) is 11.3 Å². The minimum Gasteiger partial charge on any atom is -0.441 e. The Morgan fingerprint density at radius 2 is 2.28 bits per heavy atom. The average Bonchev–Trinajstić information content (AvgIpc) is 2.93. The van der Waals surface area contributed by atoms with E-state index < -0.39 is 0 Å². The number of aromatic nitrogens is 2. The summed E-state index contributed by atoms with van der Waals surface area (Å²) in [6, 6.07) is 6.06. The molecule has 0 amide bonds. The fourth-order valence-electron chi connectivity index (χ4n) is 1.87. The van der Waals surface area contributed by atoms with Crippen LogP contribution in [-0.4, -0.2) is 17.0 Å². The second kappa shape index (κ2) is 4.51. The van der Waals surface area contributed by atoms with Gasteiger partial charge in [-0.1, -0.05) is 6.07 Å². The maximum atomic E-state index is 5.55. The third-order valence-corrected chi connectivity index (χ3v) is 3.71. The molecule has 1 aromatic carbocycles. The molecule has 18 heavy (non-hydrogen) atoms. The molecule has 1 N–H and O–H groups in total. The van der Waals surface area contributed by atoms with Crippen molar-refractivity contribution in [3.05, 3.63) is 35.3 Å². The molecule has 0 spiro atoms. The Balaban J connectivity index is 2.01. The predicted octanol–water partition coefficient (Wildman–Crippen LogP) is 2.98. The van der Waals surface area contributed by atoms with Crippen LogP contribution in [-0.2, 0) is 6.54 Å². The van der Waals surface area contributed by atoms with Crippen molar-refractivity contribution in [1.82, 2.24) is 15.3 Å². The molecule has 0 aliphatic rings. The van der Waals surface area contributed by atoms with Gasteiger partial charge in [0.1, 0.15) is 10.5 Å². The Morgan fingerprint density at radius 3 is 3.11 bits per heavy atom. The van der Waals surface area contributed by atoms with Crippen molar-refractivity contribution in [3.8, 4) is 10.4 Å². The number of nitrogens with zero attached hydrogens (tertiary/aromatic N) is 2. The van der Waals surface area contributed by atoms with Crippen LogP contribution in [0.25, 0.3) is 21.5 Å². The van der Waals surface area contributed by atoms with Gasteiger partial charge in [-0.2, -0.15) is 0 Å². The lowest BCUT2D eigenvalue weighted by molar-refractivity contribution is 0.561. The molecule has 2 heterocycles. The van der Waals surface area contributed by atoms with Gasteiger partial charge in [-0.05, 0) is 24.7 Å². The van der Waals surface area contributed by atoms with Gasteiger partial charge < -0.3 is 9.73 Å². The van der Waals surface area contributed by atoms with Crippen molar-refractivity contribution in [2.75, 3.05) is 7.05 Å². The maximum absolute atomic E-state index is 5.55. The lowest BCUT2D eigenvalue weighted by Crippen LogP contribution is -2.03. The highest BCUT2D eigenvalue weighted by atomic mass is 32.1. The summed E-state index contributed by atoms with van der Waals surface area (Å²) in [5, 5.41) is 4.19. The number of benzene rings is 1. The smallest absolute Gasteiger partial charge is 0.192 e. The monoisotopic (exact) mass is 259 g/mol. The second-order valence-electron chi connectivity index (χ2n) is 4.06. The molecule has 3 rings (SSSR count). The lowest BCUT2D eigenvalue weighted by atomic mass is 10.2. The van der Waals surface area contributed by atoms with Gasteiger partial charge in [0.05, 0.1) is 4.88 Å². The van der Waals surface area contributed by atoms with Crippen molar-refractivity contribution in [2.24, 2.45) is 0 Å². The number of rotatable bonds is 3. The topological polar surface area (TPSA) is 51.0 Å². The van der Waals surface area contributed by atoms with Gasteiger partial charge in [-0.25, -0.2) is 9.97 Å². The average molecular weight is 259 g/mol. The molecule has 0 fully saturated rings. The molecule has 0 aliphatic heterocycles. The van der Waals surface area contributed by atoms with Crippen molar-refractivity contribution >= 4 is 22.4 Å². The molecule has 0 unspecified atom stereocenters. The number of hydrogen-bond acceptors (Lipinski definition) is 5. The summed E-state index contributed by atoms with van der Waals surface area (Å²) in [5.41, 5.74) is 2.85. The van der Waals surface area contributed by atoms with E-state index >= 15 is 0 Å². The summed E-state index contributed by atoms with van der Waals surface area (Å²) in [7, 11) is 1.92. The van der Waals surface area contributed by atoms with Crippen molar-refractivity contribution in [3.63, 3.8) is 0 Å². The van der Waals surface area contributed by atoms with Crippen molar-refractivity contribution in [1.29, 1.82) is 0 Å². The van der Waals surface area contributed by atoms with Crippen LogP contribution in [0.5, 0.6) is 0 Å². The second-order valence-corrected chi connectivity index (χ2v) is 5.18. The van der Waals surface area contributed by atoms with E-state index in [1.807, 2.05) is 32.3 Å². The van der Waals surface area contributed by atoms with Crippen LogP contribution in [0.3, 0.4) is 0 Å². The van der Waals surface area contributed by atoms with Gasteiger partial charge >= 0.3 is 0 Å². The van der Waals surface area contributed by atoms with E-state index in [2.05, 4.69) is 21.4 Å². The molecule has 3 aromatic rings. The zero-order valence-electron chi connectivity index (χ0n) is 10.2. The van der Waals surface area contributed by atoms with Gasteiger partial charge in [0.15, 0.2) is 11.5 Å². The van der Waals surface area contributed by atoms with Crippen LogP contribution in [0.15, 0.2) is 28.8 Å². The van der Waals surface area contributed by atoms with Gasteiger partial charge in [0, 0.05) is 19.7 Å². The first-order chi connectivity index (χ1) is 8.76. The van der Waals surface area contributed by atoms with Crippen LogP contribution in [0, 0.1) is 6.92 Å². The Labute approximate surface area is 109 Å². The van der Waals surface area contributed by atoms with Gasteiger partial charge in [0.25, 0.3) is 0 Å². The summed E-state index contributed by atoms with van der Waals surface area (Å²) >= 11 is 1.69. The Morgan fingerprint density at radius 1 is 1.39 bits per heavy atom. The zero-order chi connectivity index (χ0) is 12.5. The molecule has 0 saturated carbocycles. The van der Waals surface area contributed by atoms with E-state index in [9.17, 15) is 0 Å². The quantitative estimate of drug-likeness (QED) is 0.785. The molecule has 92 valence electrons. The van der Waals surface area contributed by atoms with Crippen LogP contribution in [0.2, 0.25) is 0 Å². The standard InChI is InChI=1S/C13H13N3OS/c1-8-16-10-4-3-9(5-11(10)17-8)12-6-15-13(18-12)7-14-2/h3-6,14H,7H2,1-2H3. The third kappa shape index (κ3) is 2.02. The SMILES string of the molecule is CNCc1ncc(-c2ccc3nc(C)oc3c2)s1. The molecule has 2 aromatic heterocycles. The largest absolute Gasteiger partial charge is 0.441 e. The minimum atomic E-state index is 0.697. The van der Waals surface area contributed by atoms with Crippen molar-refractivity contribution < 1.29 is 4.42 Å². The first-order valence-corrected chi connectivity index (χ1v) is 6.55. The van der Waals surface area contributed by atoms with Crippen molar-refractivity contribution in [2.45, 2.75) is 13.5 Å². The Bertz CT molecular complexity index is 686. The van der Waals surface area contributed by atoms with E-state index in [-0.39, 0.29) is 0 Å². The number of thiazole rings is 1. The van der Waals surface area contributed by atoms with Crippen LogP contribution in [0.1, 0.15) is 10.9 Å². The number of aryl methyl sites for hydroxylation is 1. The lowest BCUT2D eigenvalue weighted by Gasteiger charge is -1.95. The van der Waals surface area contributed by atoms with E-state index in [1.165, 1.54) is 0 Å². The summed E-state index contributed by atoms with van der Waals surface area (Å²) in [4.78, 5) is 9.82. The Kier molecular flexibility index (Phi) is 2.85. The molecule has 0 aliphatic carbocycles. The van der Waals surface area contributed by atoms with Crippen LogP contribution in [0.4, 0.5) is 0 Å². The zero-order valence-corrected chi connectivity index (χ0v) is 11.0. The van der Waals surface area contributed by atoms with E-state index in [0.717, 1.165) is 33.1 Å². The molecule has 0 radical (unpaired) electrons. The van der Waals surface area contributed by atoms with Gasteiger partial charge in [-0.15, -0.1) is 11.3 Å². The number of hydrogen-bond donors (Lipinski definition) is 1. The molecular weight excluding hydrogens is 246 g/mol. The van der Waals surface area contributed by atoms with Crippen LogP contribution < -0.4 is 5.32 Å². The Hall–Kier alpha value is -1.72. The highest BCUT2D eigenvalue weighted by Crippen LogP contribution is 2.29. The van der Waals surface area contributed by atoms with Gasteiger partial charge in [-0.3, -0.25) is 0 Å². The third-order valence-electron chi connectivity index (χ3n) is 2.66.